The molecule has 4 aliphatic carbocycles. The van der Waals surface area contributed by atoms with Gasteiger partial charge in [0.15, 0.2) is 16.7 Å². The first-order valence-electron chi connectivity index (χ1n) is 13.4. The van der Waals surface area contributed by atoms with E-state index in [1.807, 2.05) is 48.2 Å². The minimum absolute atomic E-state index is 0.0944. The maximum Gasteiger partial charge on any atom is 0.286 e. The minimum Gasteiger partial charge on any atom is -0.505 e. The Kier molecular flexibility index (Phi) is 5.92. The van der Waals surface area contributed by atoms with Crippen molar-refractivity contribution in [3.05, 3.63) is 58.2 Å². The largest absolute Gasteiger partial charge is 0.505 e. The van der Waals surface area contributed by atoms with Crippen molar-refractivity contribution >= 4 is 40.7 Å². The van der Waals surface area contributed by atoms with Crippen LogP contribution in [0, 0.1) is 23.6 Å². The number of phenols is 1. The summed E-state index contributed by atoms with van der Waals surface area (Å²) in [6.07, 6.45) is 9.01. The highest BCUT2D eigenvalue weighted by molar-refractivity contribution is 8.18. The fourth-order valence-corrected chi connectivity index (χ4v) is 9.73. The van der Waals surface area contributed by atoms with Crippen molar-refractivity contribution in [2.24, 2.45) is 22.7 Å². The second-order valence-electron chi connectivity index (χ2n) is 11.6. The van der Waals surface area contributed by atoms with E-state index < -0.39 is 5.82 Å². The van der Waals surface area contributed by atoms with Crippen LogP contribution in [0.2, 0.25) is 0 Å². The Morgan fingerprint density at radius 1 is 1.00 bits per heavy atom. The summed E-state index contributed by atoms with van der Waals surface area (Å²) >= 11 is 3.38. The van der Waals surface area contributed by atoms with E-state index in [9.17, 15) is 9.90 Å². The van der Waals surface area contributed by atoms with Crippen LogP contribution in [0.15, 0.2) is 46.3 Å². The number of aliphatic imine (C=N–C) groups is 1. The Labute approximate surface area is 225 Å². The lowest BCUT2D eigenvalue weighted by Crippen LogP contribution is -2.48. The lowest BCUT2D eigenvalue weighted by molar-refractivity contribution is -0.113. The Morgan fingerprint density at radius 2 is 1.70 bits per heavy atom. The summed E-state index contributed by atoms with van der Waals surface area (Å²) in [4.78, 5) is 19.8. The van der Waals surface area contributed by atoms with E-state index in [4.69, 9.17) is 0 Å². The first kappa shape index (κ1) is 23.8. The Balaban J connectivity index is 1.19. The predicted octanol–water partition coefficient (Wildman–Crippen LogP) is 6.69. The average molecular weight is 535 g/mol. The van der Waals surface area contributed by atoms with Crippen LogP contribution in [0.1, 0.15) is 49.7 Å². The third-order valence-corrected chi connectivity index (χ3v) is 11.1. The van der Waals surface area contributed by atoms with Gasteiger partial charge in [-0.1, -0.05) is 18.2 Å². The molecule has 1 saturated heterocycles. The van der Waals surface area contributed by atoms with Crippen molar-refractivity contribution in [3.8, 4) is 16.9 Å². The molecule has 2 heterocycles. The van der Waals surface area contributed by atoms with Crippen LogP contribution in [0.5, 0.6) is 5.75 Å². The number of nitrogens with zero attached hydrogens (tertiary/aromatic N) is 2. The van der Waals surface area contributed by atoms with Crippen molar-refractivity contribution in [2.45, 2.75) is 43.9 Å². The van der Waals surface area contributed by atoms with Crippen molar-refractivity contribution < 1.29 is 14.3 Å². The van der Waals surface area contributed by atoms with E-state index >= 15 is 4.39 Å². The van der Waals surface area contributed by atoms with E-state index in [-0.39, 0.29) is 17.1 Å². The third kappa shape index (κ3) is 4.32. The van der Waals surface area contributed by atoms with Crippen LogP contribution in [0.25, 0.3) is 17.2 Å². The van der Waals surface area contributed by atoms with Gasteiger partial charge in [-0.3, -0.25) is 4.79 Å². The highest BCUT2D eigenvalue weighted by Gasteiger charge is 2.52. The van der Waals surface area contributed by atoms with Crippen LogP contribution in [0.3, 0.4) is 0 Å². The van der Waals surface area contributed by atoms with Gasteiger partial charge in [0.05, 0.1) is 4.91 Å². The number of halogens is 1. The topological polar surface area (TPSA) is 52.9 Å². The van der Waals surface area contributed by atoms with Gasteiger partial charge in [0.2, 0.25) is 0 Å². The number of rotatable bonds is 3. The molecule has 2 aromatic carbocycles. The van der Waals surface area contributed by atoms with Gasteiger partial charge in [-0.2, -0.15) is 16.8 Å². The number of amides is 1. The second kappa shape index (κ2) is 9.19. The van der Waals surface area contributed by atoms with E-state index in [1.54, 1.807) is 0 Å². The zero-order valence-electron chi connectivity index (χ0n) is 20.8. The van der Waals surface area contributed by atoms with Crippen molar-refractivity contribution in [1.29, 1.82) is 0 Å². The number of amidine groups is 1. The summed E-state index contributed by atoms with van der Waals surface area (Å²) in [7, 11) is 0. The highest BCUT2D eigenvalue weighted by Crippen LogP contribution is 2.62. The van der Waals surface area contributed by atoms with Gasteiger partial charge in [-0.25, -0.2) is 4.39 Å². The molecule has 4 saturated carbocycles. The molecule has 0 spiro atoms. The summed E-state index contributed by atoms with van der Waals surface area (Å²) in [5.41, 5.74) is 3.29. The quantitative estimate of drug-likeness (QED) is 0.445. The Bertz CT molecular complexity index is 1300. The molecule has 4 nitrogen and oxygen atoms in total. The van der Waals surface area contributed by atoms with Crippen LogP contribution in [-0.2, 0) is 10.2 Å². The number of hydrogen-bond acceptors (Lipinski definition) is 5. The van der Waals surface area contributed by atoms with Crippen LogP contribution >= 0.6 is 23.5 Å². The smallest absolute Gasteiger partial charge is 0.286 e. The number of carbonyl (C=O) groups is 1. The van der Waals surface area contributed by atoms with Gasteiger partial charge < -0.3 is 10.0 Å². The Morgan fingerprint density at radius 3 is 2.41 bits per heavy atom. The molecular weight excluding hydrogens is 503 g/mol. The molecule has 1 N–H and O–H groups in total. The summed E-state index contributed by atoms with van der Waals surface area (Å²) < 4.78 is 15.2. The third-order valence-electron chi connectivity index (χ3n) is 9.08. The molecule has 0 aromatic heterocycles. The van der Waals surface area contributed by atoms with Gasteiger partial charge >= 0.3 is 0 Å². The molecule has 2 aromatic rings. The maximum absolute atomic E-state index is 15.2. The van der Waals surface area contributed by atoms with Crippen LogP contribution in [-0.4, -0.2) is 45.7 Å². The summed E-state index contributed by atoms with van der Waals surface area (Å²) in [6.45, 7) is 1.84. The number of carbonyl (C=O) groups excluding carboxylic acids is 1. The number of hydrogen-bond donors (Lipinski definition) is 1. The summed E-state index contributed by atoms with van der Waals surface area (Å²) in [6, 6.07) is 11.4. The SMILES string of the molecule is O=C1N=C(N2CCSCC2)S/C1=C/c1cccc(-c2cc(F)c(O)c(C34CC5CC(CC(C5)C3)C4)c2)c1. The summed E-state index contributed by atoms with van der Waals surface area (Å²) in [5.74, 6) is 3.37. The number of aromatic hydroxyl groups is 1. The molecule has 6 aliphatic rings. The molecule has 1 amide bonds. The highest BCUT2D eigenvalue weighted by atomic mass is 32.2. The van der Waals surface area contributed by atoms with Gasteiger partial charge in [-0.05, 0) is 114 Å². The van der Waals surface area contributed by atoms with Crippen LogP contribution in [0.4, 0.5) is 4.39 Å². The van der Waals surface area contributed by atoms with Gasteiger partial charge in [-0.15, -0.1) is 0 Å². The summed E-state index contributed by atoms with van der Waals surface area (Å²) in [5, 5.41) is 11.7. The standard InChI is InChI=1S/C30H31FN2O2S2/c31-25-14-23(13-24(27(25)34)30-15-19-8-20(16-30)10-21(9-19)17-30)22-3-1-2-18(11-22)12-26-28(35)32-29(37-26)33-4-6-36-7-5-33/h1-3,11-14,19-21,34H,4-10,15-17H2/b26-12+. The lowest BCUT2D eigenvalue weighted by atomic mass is 9.48. The van der Waals surface area contributed by atoms with Gasteiger partial charge in [0, 0.05) is 30.2 Å². The van der Waals surface area contributed by atoms with E-state index in [0.29, 0.717) is 22.7 Å². The first-order valence-corrected chi connectivity index (χ1v) is 15.4. The van der Waals surface area contributed by atoms with E-state index in [1.165, 1.54) is 37.1 Å². The molecule has 4 bridgehead atoms. The monoisotopic (exact) mass is 534 g/mol. The van der Waals surface area contributed by atoms with E-state index in [0.717, 1.165) is 71.3 Å². The van der Waals surface area contributed by atoms with Crippen molar-refractivity contribution in [2.75, 3.05) is 24.6 Å². The fourth-order valence-electron chi connectivity index (χ4n) is 7.86. The molecule has 0 atom stereocenters. The Hall–Kier alpha value is -2.25. The molecule has 0 unspecified atom stereocenters. The van der Waals surface area contributed by atoms with Crippen molar-refractivity contribution in [1.82, 2.24) is 4.90 Å². The fraction of sp³-hybridized carbons (Fsp3) is 0.467. The van der Waals surface area contributed by atoms with Gasteiger partial charge in [0.25, 0.3) is 5.91 Å². The zero-order chi connectivity index (χ0) is 25.1. The average Bonchev–Trinajstić information content (AvgIpc) is 3.25. The molecule has 192 valence electrons. The molecule has 2 aliphatic heterocycles. The molecule has 5 fully saturated rings. The van der Waals surface area contributed by atoms with E-state index in [2.05, 4.69) is 9.89 Å². The lowest BCUT2D eigenvalue weighted by Gasteiger charge is -2.57. The molecule has 0 radical (unpaired) electrons. The molecule has 7 heteroatoms. The second-order valence-corrected chi connectivity index (χ2v) is 13.8. The molecule has 8 rings (SSSR count). The number of benzene rings is 2. The minimum atomic E-state index is -0.536. The number of phenolic OH excluding ortho intramolecular Hbond substituents is 1. The maximum atomic E-state index is 15.2. The zero-order valence-corrected chi connectivity index (χ0v) is 22.4. The van der Waals surface area contributed by atoms with Crippen LogP contribution < -0.4 is 0 Å². The number of thioether (sulfide) groups is 2. The predicted molar refractivity (Wildman–Crippen MR) is 150 cm³/mol. The molecular formula is C30H31FN2O2S2. The first-order chi connectivity index (χ1) is 18.0. The van der Waals surface area contributed by atoms with Crippen molar-refractivity contribution in [3.63, 3.8) is 0 Å². The van der Waals surface area contributed by atoms with Gasteiger partial charge in [0.1, 0.15) is 0 Å². The molecule has 37 heavy (non-hydrogen) atoms. The normalized spacial score (nSPS) is 31.9.